The molecule has 1 aromatic rings. The number of hydrogen-bond donors (Lipinski definition) is 1. The molecule has 1 aliphatic rings. The fourth-order valence-corrected chi connectivity index (χ4v) is 2.62. The van der Waals surface area contributed by atoms with Gasteiger partial charge in [0.15, 0.2) is 0 Å². The molecule has 2 atom stereocenters. The normalized spacial score (nSPS) is 28.2. The Kier molecular flexibility index (Phi) is 2.83. The highest BCUT2D eigenvalue weighted by molar-refractivity contribution is 7.15. The van der Waals surface area contributed by atoms with Crippen molar-refractivity contribution in [2.75, 3.05) is 13.2 Å². The molecule has 0 aromatic carbocycles. The highest BCUT2D eigenvalue weighted by Crippen LogP contribution is 2.36. The van der Waals surface area contributed by atoms with E-state index in [1.54, 1.807) is 6.20 Å². The maximum atomic E-state index is 5.80. The van der Waals surface area contributed by atoms with Crippen LogP contribution in [0.15, 0.2) is 6.20 Å². The lowest BCUT2D eigenvalue weighted by Gasteiger charge is -2.13. The Balaban J connectivity index is 2.15. The first kappa shape index (κ1) is 9.40. The molecule has 1 aliphatic heterocycles. The summed E-state index contributed by atoms with van der Waals surface area (Å²) in [5, 5.41) is 0.956. The smallest absolute Gasteiger partial charge is 0.123 e. The van der Waals surface area contributed by atoms with E-state index in [1.807, 2.05) is 0 Å². The summed E-state index contributed by atoms with van der Waals surface area (Å²) in [7, 11) is 0. The van der Waals surface area contributed by atoms with Gasteiger partial charge in [-0.2, -0.15) is 0 Å². The summed E-state index contributed by atoms with van der Waals surface area (Å²) in [4.78, 5) is 4.20. The van der Waals surface area contributed by atoms with Crippen LogP contribution in [-0.2, 0) is 4.74 Å². The molecule has 0 saturated carbocycles. The van der Waals surface area contributed by atoms with Gasteiger partial charge in [-0.3, -0.25) is 0 Å². The molecule has 0 bridgehead atoms. The van der Waals surface area contributed by atoms with Crippen LogP contribution in [0.2, 0.25) is 4.34 Å². The summed E-state index contributed by atoms with van der Waals surface area (Å²) >= 11 is 7.28. The van der Waals surface area contributed by atoms with Gasteiger partial charge >= 0.3 is 0 Å². The number of aromatic nitrogens is 1. The van der Waals surface area contributed by atoms with Gasteiger partial charge in [-0.15, -0.1) is 11.3 Å². The van der Waals surface area contributed by atoms with Gasteiger partial charge < -0.3 is 10.5 Å². The van der Waals surface area contributed by atoms with Crippen LogP contribution in [0.5, 0.6) is 0 Å². The Labute approximate surface area is 85.9 Å². The van der Waals surface area contributed by atoms with E-state index in [2.05, 4.69) is 4.98 Å². The minimum atomic E-state index is 0.0718. The number of ether oxygens (including phenoxy) is 1. The molecule has 1 saturated heterocycles. The van der Waals surface area contributed by atoms with E-state index >= 15 is 0 Å². The maximum absolute atomic E-state index is 5.80. The maximum Gasteiger partial charge on any atom is 0.123 e. The van der Waals surface area contributed by atoms with Crippen molar-refractivity contribution in [3.05, 3.63) is 15.5 Å². The highest BCUT2D eigenvalue weighted by atomic mass is 35.5. The average Bonchev–Trinajstić information content (AvgIpc) is 2.71. The summed E-state index contributed by atoms with van der Waals surface area (Å²) in [5.41, 5.74) is 5.63. The lowest BCUT2D eigenvalue weighted by Crippen LogP contribution is -2.17. The fourth-order valence-electron chi connectivity index (χ4n) is 1.55. The second kappa shape index (κ2) is 3.92. The van der Waals surface area contributed by atoms with Crippen LogP contribution in [-0.4, -0.2) is 18.1 Å². The van der Waals surface area contributed by atoms with Gasteiger partial charge in [0.2, 0.25) is 0 Å². The van der Waals surface area contributed by atoms with Crippen molar-refractivity contribution in [1.29, 1.82) is 0 Å². The van der Waals surface area contributed by atoms with Crippen molar-refractivity contribution in [2.45, 2.75) is 12.5 Å². The minimum absolute atomic E-state index is 0.0718. The van der Waals surface area contributed by atoms with Crippen molar-refractivity contribution in [3.8, 4) is 0 Å². The van der Waals surface area contributed by atoms with Crippen LogP contribution in [0.4, 0.5) is 0 Å². The van der Waals surface area contributed by atoms with Crippen LogP contribution in [0.1, 0.15) is 17.5 Å². The molecule has 0 radical (unpaired) electrons. The molecule has 2 rings (SSSR count). The Morgan fingerprint density at radius 2 is 2.62 bits per heavy atom. The molecule has 13 heavy (non-hydrogen) atoms. The van der Waals surface area contributed by atoms with Gasteiger partial charge in [-0.25, -0.2) is 4.98 Å². The number of rotatable bonds is 2. The zero-order valence-corrected chi connectivity index (χ0v) is 8.64. The molecule has 2 heterocycles. The van der Waals surface area contributed by atoms with Crippen LogP contribution < -0.4 is 5.73 Å². The Hall–Kier alpha value is -0.160. The second-order valence-corrected chi connectivity index (χ2v) is 4.77. The average molecular weight is 219 g/mol. The van der Waals surface area contributed by atoms with Crippen molar-refractivity contribution in [2.24, 2.45) is 11.7 Å². The van der Waals surface area contributed by atoms with Crippen molar-refractivity contribution in [1.82, 2.24) is 4.98 Å². The van der Waals surface area contributed by atoms with E-state index in [0.717, 1.165) is 18.0 Å². The summed E-state index contributed by atoms with van der Waals surface area (Å²) in [6.45, 7) is 1.44. The first-order valence-electron chi connectivity index (χ1n) is 4.24. The predicted octanol–water partition coefficient (Wildman–Crippen LogP) is 1.83. The Morgan fingerprint density at radius 3 is 3.23 bits per heavy atom. The van der Waals surface area contributed by atoms with Crippen LogP contribution in [0.25, 0.3) is 0 Å². The van der Waals surface area contributed by atoms with Gasteiger partial charge in [0.05, 0.1) is 6.20 Å². The van der Waals surface area contributed by atoms with E-state index < -0.39 is 0 Å². The largest absolute Gasteiger partial charge is 0.371 e. The quantitative estimate of drug-likeness (QED) is 0.824. The molecule has 2 N–H and O–H groups in total. The summed E-state index contributed by atoms with van der Waals surface area (Å²) in [5.74, 6) is 0.405. The highest BCUT2D eigenvalue weighted by Gasteiger charge is 2.30. The summed E-state index contributed by atoms with van der Waals surface area (Å²) < 4.78 is 6.27. The van der Waals surface area contributed by atoms with Gasteiger partial charge in [0.25, 0.3) is 0 Å². The lowest BCUT2D eigenvalue weighted by atomic mass is 10.0. The van der Waals surface area contributed by atoms with E-state index in [4.69, 9.17) is 22.1 Å². The molecule has 2 unspecified atom stereocenters. The van der Waals surface area contributed by atoms with E-state index in [9.17, 15) is 0 Å². The number of halogens is 1. The topological polar surface area (TPSA) is 48.1 Å². The van der Waals surface area contributed by atoms with Crippen LogP contribution in [0, 0.1) is 5.92 Å². The predicted molar refractivity (Wildman–Crippen MR) is 53.0 cm³/mol. The van der Waals surface area contributed by atoms with Gasteiger partial charge in [0.1, 0.15) is 15.4 Å². The zero-order valence-electron chi connectivity index (χ0n) is 7.07. The number of nitrogens with two attached hydrogens (primary N) is 1. The van der Waals surface area contributed by atoms with Gasteiger partial charge in [-0.1, -0.05) is 11.6 Å². The zero-order chi connectivity index (χ0) is 9.26. The third kappa shape index (κ3) is 1.86. The fraction of sp³-hybridized carbons (Fsp3) is 0.625. The van der Waals surface area contributed by atoms with Crippen LogP contribution >= 0.6 is 22.9 Å². The first-order chi connectivity index (χ1) is 6.31. The first-order valence-corrected chi connectivity index (χ1v) is 5.43. The summed E-state index contributed by atoms with van der Waals surface area (Å²) in [6, 6.07) is 0. The monoisotopic (exact) mass is 218 g/mol. The summed E-state index contributed by atoms with van der Waals surface area (Å²) in [6.07, 6.45) is 2.76. The van der Waals surface area contributed by atoms with Crippen LogP contribution in [0.3, 0.4) is 0 Å². The van der Waals surface area contributed by atoms with Crippen molar-refractivity contribution in [3.63, 3.8) is 0 Å². The standard InChI is InChI=1S/C8H11ClN2OS/c9-6-4-11-8(13-6)7-5(3-10)1-2-12-7/h4-5,7H,1-3,10H2. The van der Waals surface area contributed by atoms with Gasteiger partial charge in [0, 0.05) is 12.5 Å². The number of hydrogen-bond acceptors (Lipinski definition) is 4. The van der Waals surface area contributed by atoms with Crippen molar-refractivity contribution >= 4 is 22.9 Å². The van der Waals surface area contributed by atoms with E-state index in [-0.39, 0.29) is 6.10 Å². The molecule has 0 amide bonds. The third-order valence-corrected chi connectivity index (χ3v) is 3.43. The van der Waals surface area contributed by atoms with E-state index in [0.29, 0.717) is 16.8 Å². The molecule has 1 aromatic heterocycles. The van der Waals surface area contributed by atoms with Gasteiger partial charge in [-0.05, 0) is 13.0 Å². The SMILES string of the molecule is NCC1CCOC1c1ncc(Cl)s1. The molecule has 5 heteroatoms. The molecular weight excluding hydrogens is 208 g/mol. The third-order valence-electron chi connectivity index (χ3n) is 2.26. The van der Waals surface area contributed by atoms with Crippen molar-refractivity contribution < 1.29 is 4.74 Å². The lowest BCUT2D eigenvalue weighted by molar-refractivity contribution is 0.0922. The molecule has 0 spiro atoms. The molecule has 72 valence electrons. The molecule has 0 aliphatic carbocycles. The molecular formula is C8H11ClN2OS. The Bertz CT molecular complexity index is 291. The van der Waals surface area contributed by atoms with E-state index in [1.165, 1.54) is 11.3 Å². The minimum Gasteiger partial charge on any atom is -0.371 e. The molecule has 1 fully saturated rings. The second-order valence-electron chi connectivity index (χ2n) is 3.08. The number of nitrogens with zero attached hydrogens (tertiary/aromatic N) is 1. The Morgan fingerprint density at radius 1 is 1.77 bits per heavy atom. The molecule has 3 nitrogen and oxygen atoms in total. The number of thiazole rings is 1.